The Hall–Kier alpha value is -2.82. The first-order chi connectivity index (χ1) is 11.7. The molecule has 0 fully saturated rings. The molecule has 0 amide bonds. The van der Waals surface area contributed by atoms with E-state index in [0.29, 0.717) is 35.8 Å². The topological polar surface area (TPSA) is 57.1 Å². The molecule has 2 aromatic rings. The van der Waals surface area contributed by atoms with E-state index in [-0.39, 0.29) is 5.78 Å². The van der Waals surface area contributed by atoms with Gasteiger partial charge < -0.3 is 14.2 Å². The molecule has 0 unspecified atom stereocenters. The van der Waals surface area contributed by atoms with Crippen LogP contribution in [-0.2, 0) is 6.42 Å². The van der Waals surface area contributed by atoms with Crippen LogP contribution in [-0.4, -0.2) is 39.9 Å². The second-order valence-corrected chi connectivity index (χ2v) is 5.04. The number of Topliss-reactive ketones (excluding diaryl/α,β-unsaturated/α-hetero) is 1. The second-order valence-electron chi connectivity index (χ2n) is 5.04. The molecule has 0 radical (unpaired) electrons. The van der Waals surface area contributed by atoms with Gasteiger partial charge in [-0.3, -0.25) is 9.79 Å². The monoisotopic (exact) mass is 327 g/mol. The van der Waals surface area contributed by atoms with Crippen molar-refractivity contribution in [3.05, 3.63) is 53.6 Å². The summed E-state index contributed by atoms with van der Waals surface area (Å²) in [6, 6.07) is 12.8. The predicted octanol–water partition coefficient (Wildman–Crippen LogP) is 3.21. The van der Waals surface area contributed by atoms with Gasteiger partial charge in [-0.05, 0) is 36.2 Å². The number of aliphatic imine (C=N–C) groups is 1. The highest BCUT2D eigenvalue weighted by atomic mass is 16.5. The van der Waals surface area contributed by atoms with E-state index in [9.17, 15) is 4.79 Å². The van der Waals surface area contributed by atoms with Crippen molar-refractivity contribution in [1.29, 1.82) is 0 Å². The fourth-order valence-electron chi connectivity index (χ4n) is 2.29. The van der Waals surface area contributed by atoms with Gasteiger partial charge in [-0.15, -0.1) is 0 Å². The minimum Gasteiger partial charge on any atom is -0.496 e. The van der Waals surface area contributed by atoms with Crippen LogP contribution in [0.25, 0.3) is 0 Å². The highest BCUT2D eigenvalue weighted by Crippen LogP contribution is 2.27. The van der Waals surface area contributed by atoms with Gasteiger partial charge in [0.2, 0.25) is 5.78 Å². The maximum Gasteiger partial charge on any atom is 0.207 e. The Morgan fingerprint density at radius 3 is 2.38 bits per heavy atom. The van der Waals surface area contributed by atoms with Gasteiger partial charge in [-0.2, -0.15) is 0 Å². The highest BCUT2D eigenvalue weighted by Gasteiger charge is 2.08. The normalized spacial score (nSPS) is 10.6. The van der Waals surface area contributed by atoms with Gasteiger partial charge in [0.05, 0.1) is 33.1 Å². The van der Waals surface area contributed by atoms with Crippen molar-refractivity contribution in [1.82, 2.24) is 0 Å². The third kappa shape index (κ3) is 4.35. The van der Waals surface area contributed by atoms with Crippen molar-refractivity contribution in [2.24, 2.45) is 4.99 Å². The van der Waals surface area contributed by atoms with E-state index in [0.717, 1.165) is 5.56 Å². The molecule has 2 aromatic carbocycles. The second kappa shape index (κ2) is 8.72. The molecular formula is C19H21NO4. The average Bonchev–Trinajstić information content (AvgIpc) is 2.64. The van der Waals surface area contributed by atoms with Crippen molar-refractivity contribution in [2.45, 2.75) is 6.42 Å². The lowest BCUT2D eigenvalue weighted by atomic mass is 10.1. The molecule has 0 aliphatic carbocycles. The Morgan fingerprint density at radius 2 is 1.67 bits per heavy atom. The van der Waals surface area contributed by atoms with Gasteiger partial charge in [-0.1, -0.05) is 18.2 Å². The average molecular weight is 327 g/mol. The summed E-state index contributed by atoms with van der Waals surface area (Å²) in [7, 11) is 4.75. The molecular weight excluding hydrogens is 306 g/mol. The Balaban J connectivity index is 1.96. The standard InChI is InChI=1S/C19H21NO4/c1-22-17-7-5-4-6-15(17)16(21)13-20-11-10-14-8-9-18(23-2)19(12-14)24-3/h4-9,12-13H,10-11H2,1-3H3. The van der Waals surface area contributed by atoms with E-state index >= 15 is 0 Å². The predicted molar refractivity (Wildman–Crippen MR) is 93.9 cm³/mol. The lowest BCUT2D eigenvalue weighted by molar-refractivity contribution is 0.106. The van der Waals surface area contributed by atoms with Crippen LogP contribution in [0, 0.1) is 0 Å². The third-order valence-electron chi connectivity index (χ3n) is 3.56. The van der Waals surface area contributed by atoms with E-state index in [1.165, 1.54) is 6.21 Å². The summed E-state index contributed by atoms with van der Waals surface area (Å²) in [5, 5.41) is 0. The molecule has 0 saturated carbocycles. The number of carbonyl (C=O) groups excluding carboxylic acids is 1. The van der Waals surface area contributed by atoms with Gasteiger partial charge >= 0.3 is 0 Å². The Bertz CT molecular complexity index is 725. The fraction of sp³-hybridized carbons (Fsp3) is 0.263. The van der Waals surface area contributed by atoms with Crippen LogP contribution in [0.5, 0.6) is 17.2 Å². The number of benzene rings is 2. The Labute approximate surface area is 141 Å². The van der Waals surface area contributed by atoms with E-state index in [1.54, 1.807) is 39.5 Å². The van der Waals surface area contributed by atoms with E-state index in [2.05, 4.69) is 4.99 Å². The molecule has 126 valence electrons. The number of methoxy groups -OCH3 is 3. The van der Waals surface area contributed by atoms with E-state index in [4.69, 9.17) is 14.2 Å². The van der Waals surface area contributed by atoms with Gasteiger partial charge in [0.15, 0.2) is 11.5 Å². The zero-order valence-electron chi connectivity index (χ0n) is 14.1. The molecule has 0 aliphatic heterocycles. The maximum absolute atomic E-state index is 12.2. The van der Waals surface area contributed by atoms with Crippen LogP contribution in [0.2, 0.25) is 0 Å². The molecule has 24 heavy (non-hydrogen) atoms. The summed E-state index contributed by atoms with van der Waals surface area (Å²) in [6.45, 7) is 0.510. The van der Waals surface area contributed by atoms with Crippen molar-refractivity contribution in [3.63, 3.8) is 0 Å². The Morgan fingerprint density at radius 1 is 0.958 bits per heavy atom. The van der Waals surface area contributed by atoms with Crippen LogP contribution >= 0.6 is 0 Å². The van der Waals surface area contributed by atoms with E-state index in [1.807, 2.05) is 24.3 Å². The first-order valence-corrected chi connectivity index (χ1v) is 7.57. The Kier molecular flexibility index (Phi) is 6.37. The molecule has 0 heterocycles. The number of nitrogens with zero attached hydrogens (tertiary/aromatic N) is 1. The molecule has 5 nitrogen and oxygen atoms in total. The van der Waals surface area contributed by atoms with Crippen LogP contribution < -0.4 is 14.2 Å². The number of hydrogen-bond acceptors (Lipinski definition) is 5. The quantitative estimate of drug-likeness (QED) is 0.552. The largest absolute Gasteiger partial charge is 0.496 e. The zero-order chi connectivity index (χ0) is 17.4. The zero-order valence-corrected chi connectivity index (χ0v) is 14.1. The number of hydrogen-bond donors (Lipinski definition) is 0. The highest BCUT2D eigenvalue weighted by molar-refractivity contribution is 6.36. The van der Waals surface area contributed by atoms with Crippen molar-refractivity contribution >= 4 is 12.0 Å². The molecule has 0 aliphatic rings. The number of ether oxygens (including phenoxy) is 3. The third-order valence-corrected chi connectivity index (χ3v) is 3.56. The van der Waals surface area contributed by atoms with Crippen LogP contribution in [0.4, 0.5) is 0 Å². The summed E-state index contributed by atoms with van der Waals surface area (Å²) in [4.78, 5) is 16.4. The van der Waals surface area contributed by atoms with Gasteiger partial charge in [0.1, 0.15) is 5.75 Å². The molecule has 0 bridgehead atoms. The number of ketones is 1. The van der Waals surface area contributed by atoms with Crippen molar-refractivity contribution in [2.75, 3.05) is 27.9 Å². The molecule has 0 N–H and O–H groups in total. The SMILES string of the molecule is COc1ccc(CCN=CC(=O)c2ccccc2OC)cc1OC. The van der Waals surface area contributed by atoms with Crippen LogP contribution in [0.3, 0.4) is 0 Å². The molecule has 5 heteroatoms. The summed E-state index contributed by atoms with van der Waals surface area (Å²) in [5.41, 5.74) is 1.57. The summed E-state index contributed by atoms with van der Waals surface area (Å²) < 4.78 is 15.7. The molecule has 2 rings (SSSR count). The lowest BCUT2D eigenvalue weighted by Crippen LogP contribution is -2.04. The molecule has 0 atom stereocenters. The lowest BCUT2D eigenvalue weighted by Gasteiger charge is -2.08. The molecule has 0 saturated heterocycles. The smallest absolute Gasteiger partial charge is 0.207 e. The number of para-hydroxylation sites is 1. The molecule has 0 spiro atoms. The first-order valence-electron chi connectivity index (χ1n) is 7.57. The number of carbonyl (C=O) groups is 1. The van der Waals surface area contributed by atoms with Crippen molar-refractivity contribution in [3.8, 4) is 17.2 Å². The van der Waals surface area contributed by atoms with Crippen molar-refractivity contribution < 1.29 is 19.0 Å². The molecule has 0 aromatic heterocycles. The maximum atomic E-state index is 12.2. The van der Waals surface area contributed by atoms with E-state index < -0.39 is 0 Å². The fourth-order valence-corrected chi connectivity index (χ4v) is 2.29. The first kappa shape index (κ1) is 17.5. The van der Waals surface area contributed by atoms with Gasteiger partial charge in [0, 0.05) is 6.54 Å². The summed E-state index contributed by atoms with van der Waals surface area (Å²) in [5.74, 6) is 1.76. The minimum atomic E-state index is -0.167. The minimum absolute atomic E-state index is 0.167. The van der Waals surface area contributed by atoms with Crippen LogP contribution in [0.1, 0.15) is 15.9 Å². The summed E-state index contributed by atoms with van der Waals surface area (Å²) >= 11 is 0. The van der Waals surface area contributed by atoms with Crippen LogP contribution in [0.15, 0.2) is 47.5 Å². The number of rotatable bonds is 8. The van der Waals surface area contributed by atoms with Gasteiger partial charge in [-0.25, -0.2) is 0 Å². The summed E-state index contributed by atoms with van der Waals surface area (Å²) in [6.07, 6.45) is 2.05. The van der Waals surface area contributed by atoms with Gasteiger partial charge in [0.25, 0.3) is 0 Å².